The van der Waals surface area contributed by atoms with Gasteiger partial charge in [0.15, 0.2) is 0 Å². The van der Waals surface area contributed by atoms with E-state index in [0.29, 0.717) is 24.5 Å². The van der Waals surface area contributed by atoms with Crippen LogP contribution in [0.2, 0.25) is 0 Å². The minimum atomic E-state index is 0.0800. The van der Waals surface area contributed by atoms with E-state index in [1.165, 1.54) is 32.2 Å². The molecule has 0 aromatic heterocycles. The van der Waals surface area contributed by atoms with Crippen LogP contribution in [0.5, 0.6) is 5.75 Å². The molecule has 5 nitrogen and oxygen atoms in total. The Labute approximate surface area is 150 Å². The SMILES string of the molecule is O=C(N[C@@H]1CCN2CCC[C@@H]2C1)N(Cc1ccc(O)cc1)CC1CC1. The predicted octanol–water partition coefficient (Wildman–Crippen LogP) is 2.94. The zero-order valence-electron chi connectivity index (χ0n) is 14.9. The van der Waals surface area contributed by atoms with Gasteiger partial charge in [0.25, 0.3) is 0 Å². The number of hydrogen-bond acceptors (Lipinski definition) is 3. The molecular formula is C20H29N3O2. The van der Waals surface area contributed by atoms with Gasteiger partial charge in [0.1, 0.15) is 5.75 Å². The molecule has 0 spiro atoms. The molecule has 25 heavy (non-hydrogen) atoms. The lowest BCUT2D eigenvalue weighted by molar-refractivity contribution is 0.152. The second-order valence-electron chi connectivity index (χ2n) is 7.99. The van der Waals surface area contributed by atoms with E-state index in [1.54, 1.807) is 12.1 Å². The lowest BCUT2D eigenvalue weighted by Crippen LogP contribution is -2.51. The van der Waals surface area contributed by atoms with Crippen LogP contribution >= 0.6 is 0 Å². The van der Waals surface area contributed by atoms with Gasteiger partial charge in [-0.25, -0.2) is 4.79 Å². The van der Waals surface area contributed by atoms with Crippen LogP contribution < -0.4 is 5.32 Å². The Bertz CT molecular complexity index is 599. The number of carbonyl (C=O) groups is 1. The number of nitrogens with one attached hydrogen (secondary N) is 1. The summed E-state index contributed by atoms with van der Waals surface area (Å²) < 4.78 is 0. The van der Waals surface area contributed by atoms with Crippen LogP contribution in [0.1, 0.15) is 44.1 Å². The molecule has 2 heterocycles. The third-order valence-corrected chi connectivity index (χ3v) is 5.92. The molecule has 1 aromatic carbocycles. The minimum absolute atomic E-state index is 0.0800. The third kappa shape index (κ3) is 4.27. The fourth-order valence-corrected chi connectivity index (χ4v) is 4.27. The minimum Gasteiger partial charge on any atom is -0.508 e. The molecule has 0 bridgehead atoms. The third-order valence-electron chi connectivity index (χ3n) is 5.92. The van der Waals surface area contributed by atoms with Crippen molar-refractivity contribution in [3.05, 3.63) is 29.8 Å². The second-order valence-corrected chi connectivity index (χ2v) is 7.99. The number of hydrogen-bond donors (Lipinski definition) is 2. The van der Waals surface area contributed by atoms with Gasteiger partial charge in [-0.3, -0.25) is 0 Å². The monoisotopic (exact) mass is 343 g/mol. The Morgan fingerprint density at radius 3 is 2.72 bits per heavy atom. The average molecular weight is 343 g/mol. The van der Waals surface area contributed by atoms with Crippen molar-refractivity contribution in [2.75, 3.05) is 19.6 Å². The quantitative estimate of drug-likeness (QED) is 0.864. The van der Waals surface area contributed by atoms with Gasteiger partial charge >= 0.3 is 6.03 Å². The molecule has 4 rings (SSSR count). The smallest absolute Gasteiger partial charge is 0.317 e. The average Bonchev–Trinajstić information content (AvgIpc) is 3.30. The van der Waals surface area contributed by atoms with E-state index < -0.39 is 0 Å². The Balaban J connectivity index is 1.36. The molecule has 5 heteroatoms. The zero-order chi connectivity index (χ0) is 17.2. The van der Waals surface area contributed by atoms with E-state index in [1.807, 2.05) is 17.0 Å². The number of fused-ring (bicyclic) bond motifs is 1. The molecule has 1 aliphatic carbocycles. The second kappa shape index (κ2) is 7.24. The maximum absolute atomic E-state index is 12.9. The summed E-state index contributed by atoms with van der Waals surface area (Å²) in [5.74, 6) is 0.935. The Hall–Kier alpha value is -1.75. The number of carbonyl (C=O) groups excluding carboxylic acids is 1. The van der Waals surface area contributed by atoms with Crippen LogP contribution in [0, 0.1) is 5.92 Å². The van der Waals surface area contributed by atoms with Crippen LogP contribution in [-0.2, 0) is 6.54 Å². The lowest BCUT2D eigenvalue weighted by Gasteiger charge is -2.36. The number of aromatic hydroxyl groups is 1. The van der Waals surface area contributed by atoms with Crippen molar-refractivity contribution in [2.45, 2.75) is 57.2 Å². The highest BCUT2D eigenvalue weighted by Crippen LogP contribution is 2.31. The number of nitrogens with zero attached hydrogens (tertiary/aromatic N) is 2. The van der Waals surface area contributed by atoms with E-state index in [0.717, 1.165) is 31.5 Å². The fraction of sp³-hybridized carbons (Fsp3) is 0.650. The first-order valence-corrected chi connectivity index (χ1v) is 9.75. The van der Waals surface area contributed by atoms with Crippen molar-refractivity contribution in [3.8, 4) is 5.75 Å². The van der Waals surface area contributed by atoms with Crippen molar-refractivity contribution in [1.29, 1.82) is 0 Å². The molecular weight excluding hydrogens is 314 g/mol. The van der Waals surface area contributed by atoms with Gasteiger partial charge in [0, 0.05) is 31.7 Å². The summed E-state index contributed by atoms with van der Waals surface area (Å²) in [6.07, 6.45) is 7.23. The highest BCUT2D eigenvalue weighted by molar-refractivity contribution is 5.74. The number of phenolic OH excluding ortho intramolecular Hbond substituents is 1. The molecule has 0 unspecified atom stereocenters. The van der Waals surface area contributed by atoms with Gasteiger partial charge in [0.2, 0.25) is 0 Å². The van der Waals surface area contributed by atoms with Crippen molar-refractivity contribution in [2.24, 2.45) is 5.92 Å². The molecule has 2 saturated heterocycles. The van der Waals surface area contributed by atoms with Crippen LogP contribution in [0.25, 0.3) is 0 Å². The normalized spacial score (nSPS) is 26.2. The van der Waals surface area contributed by atoms with Crippen LogP contribution in [0.15, 0.2) is 24.3 Å². The zero-order valence-corrected chi connectivity index (χ0v) is 14.9. The summed E-state index contributed by atoms with van der Waals surface area (Å²) in [6.45, 7) is 3.82. The van der Waals surface area contributed by atoms with Gasteiger partial charge in [-0.05, 0) is 68.7 Å². The summed E-state index contributed by atoms with van der Waals surface area (Å²) >= 11 is 0. The van der Waals surface area contributed by atoms with E-state index in [-0.39, 0.29) is 11.8 Å². The standard InChI is InChI=1S/C20H29N3O2/c24-19-7-5-16(6-8-19)14-23(13-15-3-4-15)20(25)21-17-9-11-22-10-1-2-18(22)12-17/h5-8,15,17-18,24H,1-4,9-14H2,(H,21,25)/t17-,18-/m1/s1. The summed E-state index contributed by atoms with van der Waals surface area (Å²) in [7, 11) is 0. The highest BCUT2D eigenvalue weighted by Gasteiger charge is 2.33. The molecule has 0 radical (unpaired) electrons. The highest BCUT2D eigenvalue weighted by atomic mass is 16.3. The van der Waals surface area contributed by atoms with Gasteiger partial charge in [-0.1, -0.05) is 12.1 Å². The number of urea groups is 1. The predicted molar refractivity (Wildman–Crippen MR) is 97.4 cm³/mol. The lowest BCUT2D eigenvalue weighted by atomic mass is 9.98. The summed E-state index contributed by atoms with van der Waals surface area (Å²) in [5.41, 5.74) is 1.07. The maximum atomic E-state index is 12.9. The largest absolute Gasteiger partial charge is 0.508 e. The first-order chi connectivity index (χ1) is 12.2. The number of amides is 2. The molecule has 2 atom stereocenters. The van der Waals surface area contributed by atoms with Gasteiger partial charge in [0.05, 0.1) is 0 Å². The number of piperidine rings is 1. The first kappa shape index (κ1) is 16.7. The van der Waals surface area contributed by atoms with Crippen LogP contribution in [-0.4, -0.2) is 52.7 Å². The Morgan fingerprint density at radius 1 is 1.16 bits per heavy atom. The van der Waals surface area contributed by atoms with Gasteiger partial charge in [-0.2, -0.15) is 0 Å². The van der Waals surface area contributed by atoms with Crippen molar-refractivity contribution in [3.63, 3.8) is 0 Å². The maximum Gasteiger partial charge on any atom is 0.317 e. The topological polar surface area (TPSA) is 55.8 Å². The van der Waals surface area contributed by atoms with E-state index in [4.69, 9.17) is 0 Å². The summed E-state index contributed by atoms with van der Waals surface area (Å²) in [6, 6.07) is 8.26. The molecule has 2 amide bonds. The molecule has 2 aliphatic heterocycles. The van der Waals surface area contributed by atoms with E-state index in [9.17, 15) is 9.90 Å². The van der Waals surface area contributed by atoms with Crippen LogP contribution in [0.3, 0.4) is 0 Å². The number of phenols is 1. The number of rotatable bonds is 5. The fourth-order valence-electron chi connectivity index (χ4n) is 4.27. The first-order valence-electron chi connectivity index (χ1n) is 9.75. The van der Waals surface area contributed by atoms with Crippen LogP contribution in [0.4, 0.5) is 4.79 Å². The van der Waals surface area contributed by atoms with Gasteiger partial charge in [-0.15, -0.1) is 0 Å². The molecule has 2 N–H and O–H groups in total. The Morgan fingerprint density at radius 2 is 1.96 bits per heavy atom. The molecule has 136 valence electrons. The van der Waals surface area contributed by atoms with E-state index in [2.05, 4.69) is 10.2 Å². The van der Waals surface area contributed by atoms with Crippen molar-refractivity contribution >= 4 is 6.03 Å². The van der Waals surface area contributed by atoms with Crippen molar-refractivity contribution in [1.82, 2.24) is 15.1 Å². The Kier molecular flexibility index (Phi) is 4.84. The summed E-state index contributed by atoms with van der Waals surface area (Å²) in [4.78, 5) is 17.4. The summed E-state index contributed by atoms with van der Waals surface area (Å²) in [5, 5.41) is 12.8. The molecule has 3 fully saturated rings. The molecule has 3 aliphatic rings. The van der Waals surface area contributed by atoms with Crippen molar-refractivity contribution < 1.29 is 9.90 Å². The van der Waals surface area contributed by atoms with Gasteiger partial charge < -0.3 is 20.2 Å². The molecule has 1 aromatic rings. The number of benzene rings is 1. The van der Waals surface area contributed by atoms with E-state index >= 15 is 0 Å². The molecule has 1 saturated carbocycles.